The molecule has 2 aliphatic carbocycles. The quantitative estimate of drug-likeness (QED) is 0.842. The van der Waals surface area contributed by atoms with E-state index in [1.54, 1.807) is 0 Å². The van der Waals surface area contributed by atoms with Gasteiger partial charge in [-0.05, 0) is 31.6 Å². The van der Waals surface area contributed by atoms with Crippen molar-refractivity contribution in [2.24, 2.45) is 11.3 Å². The first-order valence-corrected chi connectivity index (χ1v) is 8.28. The van der Waals surface area contributed by atoms with Crippen LogP contribution in [-0.4, -0.2) is 60.3 Å². The molecule has 1 aliphatic heterocycles. The van der Waals surface area contributed by atoms with Crippen molar-refractivity contribution >= 4 is 0 Å². The van der Waals surface area contributed by atoms with E-state index < -0.39 is 0 Å². The summed E-state index contributed by atoms with van der Waals surface area (Å²) in [6.45, 7) is 8.81. The molecule has 0 spiro atoms. The number of rotatable bonds is 4. The van der Waals surface area contributed by atoms with E-state index >= 15 is 0 Å². The zero-order valence-electron chi connectivity index (χ0n) is 12.5. The second-order valence-electron chi connectivity index (χ2n) is 7.40. The van der Waals surface area contributed by atoms with Crippen LogP contribution in [0.2, 0.25) is 0 Å². The predicted octanol–water partition coefficient (Wildman–Crippen LogP) is 1.96. The minimum Gasteiger partial charge on any atom is -0.396 e. The Labute approximate surface area is 118 Å². The number of nitrogens with zero attached hydrogens (tertiary/aromatic N) is 2. The molecule has 0 bridgehead atoms. The highest BCUT2D eigenvalue weighted by Crippen LogP contribution is 2.40. The lowest BCUT2D eigenvalue weighted by atomic mass is 9.70. The van der Waals surface area contributed by atoms with E-state index in [4.69, 9.17) is 0 Å². The van der Waals surface area contributed by atoms with Crippen LogP contribution in [0.25, 0.3) is 0 Å². The Balaban J connectivity index is 1.51. The van der Waals surface area contributed by atoms with Crippen LogP contribution in [0.15, 0.2) is 0 Å². The Morgan fingerprint density at radius 2 is 1.84 bits per heavy atom. The molecular formula is C16H30N2O. The SMILES string of the molecule is CC1CCCC(CO)(CN2CCN(C3CC3)CC2)C1. The van der Waals surface area contributed by atoms with Gasteiger partial charge >= 0.3 is 0 Å². The second kappa shape index (κ2) is 5.71. The highest BCUT2D eigenvalue weighted by atomic mass is 16.3. The minimum atomic E-state index is 0.208. The number of aliphatic hydroxyl groups is 1. The predicted molar refractivity (Wildman–Crippen MR) is 78.2 cm³/mol. The third kappa shape index (κ3) is 3.32. The van der Waals surface area contributed by atoms with E-state index in [2.05, 4.69) is 16.7 Å². The summed E-state index contributed by atoms with van der Waals surface area (Å²) in [5.74, 6) is 0.800. The number of piperazine rings is 1. The summed E-state index contributed by atoms with van der Waals surface area (Å²) in [7, 11) is 0. The molecule has 2 atom stereocenters. The van der Waals surface area contributed by atoms with Crippen molar-refractivity contribution in [1.82, 2.24) is 9.80 Å². The lowest BCUT2D eigenvalue weighted by Crippen LogP contribution is -2.52. The first kappa shape index (κ1) is 13.8. The number of hydrogen-bond acceptors (Lipinski definition) is 3. The van der Waals surface area contributed by atoms with Gasteiger partial charge in [0.2, 0.25) is 0 Å². The second-order valence-corrected chi connectivity index (χ2v) is 7.40. The Kier molecular flexibility index (Phi) is 4.16. The van der Waals surface area contributed by atoms with Gasteiger partial charge in [-0.3, -0.25) is 4.90 Å². The molecule has 1 N–H and O–H groups in total. The van der Waals surface area contributed by atoms with Crippen LogP contribution in [-0.2, 0) is 0 Å². The molecule has 3 nitrogen and oxygen atoms in total. The average Bonchev–Trinajstić information content (AvgIpc) is 3.24. The maximum absolute atomic E-state index is 9.90. The molecule has 3 fully saturated rings. The van der Waals surface area contributed by atoms with Crippen molar-refractivity contribution in [3.05, 3.63) is 0 Å². The largest absolute Gasteiger partial charge is 0.396 e. The first-order chi connectivity index (χ1) is 9.21. The Hall–Kier alpha value is -0.120. The standard InChI is InChI=1S/C16H30N2O/c1-14-3-2-6-16(11-14,13-19)12-17-7-9-18(10-8-17)15-4-5-15/h14-15,19H,2-13H2,1H3. The Bertz CT molecular complexity index is 297. The van der Waals surface area contributed by atoms with Crippen LogP contribution in [0.1, 0.15) is 45.4 Å². The molecule has 1 heterocycles. The van der Waals surface area contributed by atoms with Crippen molar-refractivity contribution in [3.8, 4) is 0 Å². The lowest BCUT2D eigenvalue weighted by Gasteiger charge is -2.44. The third-order valence-electron chi connectivity index (χ3n) is 5.55. The highest BCUT2D eigenvalue weighted by molar-refractivity contribution is 4.91. The molecule has 0 aromatic carbocycles. The third-order valence-corrected chi connectivity index (χ3v) is 5.55. The van der Waals surface area contributed by atoms with E-state index in [-0.39, 0.29) is 5.41 Å². The summed E-state index contributed by atoms with van der Waals surface area (Å²) >= 11 is 0. The monoisotopic (exact) mass is 266 g/mol. The molecule has 110 valence electrons. The molecule has 2 unspecified atom stereocenters. The van der Waals surface area contributed by atoms with Crippen LogP contribution in [0.4, 0.5) is 0 Å². The first-order valence-electron chi connectivity index (χ1n) is 8.28. The summed E-state index contributed by atoms with van der Waals surface area (Å²) in [5.41, 5.74) is 0.208. The van der Waals surface area contributed by atoms with E-state index in [1.807, 2.05) is 0 Å². The summed E-state index contributed by atoms with van der Waals surface area (Å²) in [6.07, 6.45) is 7.99. The average molecular weight is 266 g/mol. The number of aliphatic hydroxyl groups excluding tert-OH is 1. The molecule has 0 aromatic rings. The molecule has 3 aliphatic rings. The summed E-state index contributed by atoms with van der Waals surface area (Å²) < 4.78 is 0. The highest BCUT2D eigenvalue weighted by Gasteiger charge is 2.37. The van der Waals surface area contributed by atoms with Gasteiger partial charge in [-0.25, -0.2) is 0 Å². The van der Waals surface area contributed by atoms with Crippen LogP contribution in [0.5, 0.6) is 0 Å². The van der Waals surface area contributed by atoms with Crippen LogP contribution in [0.3, 0.4) is 0 Å². The van der Waals surface area contributed by atoms with Gasteiger partial charge in [0.1, 0.15) is 0 Å². The Morgan fingerprint density at radius 1 is 1.11 bits per heavy atom. The maximum Gasteiger partial charge on any atom is 0.0499 e. The fourth-order valence-corrected chi connectivity index (χ4v) is 4.31. The van der Waals surface area contributed by atoms with Crippen molar-refractivity contribution in [2.75, 3.05) is 39.3 Å². The zero-order chi connectivity index (χ0) is 13.3. The van der Waals surface area contributed by atoms with E-state index in [0.717, 1.165) is 18.5 Å². The van der Waals surface area contributed by atoms with Gasteiger partial charge in [-0.1, -0.05) is 19.8 Å². The molecule has 0 amide bonds. The fourth-order valence-electron chi connectivity index (χ4n) is 4.31. The molecule has 3 heteroatoms. The molecule has 19 heavy (non-hydrogen) atoms. The van der Waals surface area contributed by atoms with Gasteiger partial charge in [0, 0.05) is 50.8 Å². The zero-order valence-corrected chi connectivity index (χ0v) is 12.5. The van der Waals surface area contributed by atoms with Crippen molar-refractivity contribution in [3.63, 3.8) is 0 Å². The van der Waals surface area contributed by atoms with Crippen molar-refractivity contribution in [1.29, 1.82) is 0 Å². The normalized spacial score (nSPS) is 38.5. The maximum atomic E-state index is 9.90. The number of hydrogen-bond donors (Lipinski definition) is 1. The van der Waals surface area contributed by atoms with E-state index in [1.165, 1.54) is 64.7 Å². The fraction of sp³-hybridized carbons (Fsp3) is 1.00. The molecule has 1 saturated heterocycles. The molecule has 2 saturated carbocycles. The molecule has 0 aromatic heterocycles. The van der Waals surface area contributed by atoms with E-state index in [9.17, 15) is 5.11 Å². The lowest BCUT2D eigenvalue weighted by molar-refractivity contribution is 0.00769. The summed E-state index contributed by atoms with van der Waals surface area (Å²) in [5, 5.41) is 9.90. The van der Waals surface area contributed by atoms with E-state index in [0.29, 0.717) is 6.61 Å². The summed E-state index contributed by atoms with van der Waals surface area (Å²) in [6, 6.07) is 0.920. The van der Waals surface area contributed by atoms with Crippen LogP contribution in [0, 0.1) is 11.3 Å². The molecular weight excluding hydrogens is 236 g/mol. The molecule has 3 rings (SSSR count). The van der Waals surface area contributed by atoms with Gasteiger partial charge in [-0.2, -0.15) is 0 Å². The van der Waals surface area contributed by atoms with Gasteiger partial charge < -0.3 is 10.0 Å². The van der Waals surface area contributed by atoms with Crippen molar-refractivity contribution in [2.45, 2.75) is 51.5 Å². The van der Waals surface area contributed by atoms with Crippen molar-refractivity contribution < 1.29 is 5.11 Å². The Morgan fingerprint density at radius 3 is 2.42 bits per heavy atom. The van der Waals surface area contributed by atoms with Gasteiger partial charge in [0.25, 0.3) is 0 Å². The smallest absolute Gasteiger partial charge is 0.0499 e. The molecule has 0 radical (unpaired) electrons. The topological polar surface area (TPSA) is 26.7 Å². The minimum absolute atomic E-state index is 0.208. The van der Waals surface area contributed by atoms with Gasteiger partial charge in [0.05, 0.1) is 0 Å². The van der Waals surface area contributed by atoms with Crippen LogP contribution >= 0.6 is 0 Å². The summed E-state index contributed by atoms with van der Waals surface area (Å²) in [4.78, 5) is 5.29. The van der Waals surface area contributed by atoms with Gasteiger partial charge in [0.15, 0.2) is 0 Å². The van der Waals surface area contributed by atoms with Crippen LogP contribution < -0.4 is 0 Å². The van der Waals surface area contributed by atoms with Gasteiger partial charge in [-0.15, -0.1) is 0 Å².